The van der Waals surface area contributed by atoms with E-state index in [0.717, 1.165) is 5.56 Å². The summed E-state index contributed by atoms with van der Waals surface area (Å²) in [5.74, 6) is -1.58. The molecule has 0 saturated heterocycles. The van der Waals surface area contributed by atoms with Crippen LogP contribution in [0.25, 0.3) is 0 Å². The van der Waals surface area contributed by atoms with Crippen molar-refractivity contribution in [2.24, 2.45) is 0 Å². The monoisotopic (exact) mass is 457 g/mol. The van der Waals surface area contributed by atoms with Gasteiger partial charge in [-0.15, -0.1) is 0 Å². The minimum Gasteiger partial charge on any atom is -0.478 e. The highest BCUT2D eigenvalue weighted by atomic mass is 16.5. The van der Waals surface area contributed by atoms with Crippen LogP contribution < -0.4 is 5.32 Å². The molecule has 1 aliphatic rings. The molecule has 0 aliphatic carbocycles. The zero-order valence-corrected chi connectivity index (χ0v) is 18.5. The van der Waals surface area contributed by atoms with Crippen molar-refractivity contribution in [1.82, 2.24) is 15.2 Å². The Morgan fingerprint density at radius 2 is 1.71 bits per heavy atom. The summed E-state index contributed by atoms with van der Waals surface area (Å²) in [7, 11) is 0. The maximum atomic E-state index is 13.2. The number of pyridine rings is 1. The normalized spacial score (nSPS) is 15.6. The largest absolute Gasteiger partial charge is 0.478 e. The number of hydrogen-bond acceptors (Lipinski definition) is 5. The summed E-state index contributed by atoms with van der Waals surface area (Å²) < 4.78 is 5.60. The number of carbonyl (C=O) groups is 3. The Bertz CT molecular complexity index is 1220. The Kier molecular flexibility index (Phi) is 6.68. The lowest BCUT2D eigenvalue weighted by Gasteiger charge is -2.35. The summed E-state index contributed by atoms with van der Waals surface area (Å²) in [6.07, 6.45) is 1.60. The first-order valence-corrected chi connectivity index (χ1v) is 10.7. The smallest absolute Gasteiger partial charge is 0.338 e. The number of nitrogens with one attached hydrogen (secondary N) is 1. The molecule has 1 atom stereocenters. The highest BCUT2D eigenvalue weighted by Crippen LogP contribution is 2.31. The van der Waals surface area contributed by atoms with Crippen molar-refractivity contribution in [1.29, 1.82) is 0 Å². The second-order valence-electron chi connectivity index (χ2n) is 7.79. The third-order valence-corrected chi connectivity index (χ3v) is 5.55. The van der Waals surface area contributed by atoms with E-state index >= 15 is 0 Å². The first-order valence-electron chi connectivity index (χ1n) is 10.7. The minimum absolute atomic E-state index is 0.0932. The molecule has 1 unspecified atom stereocenters. The number of nitrogens with zero attached hydrogens (tertiary/aromatic N) is 2. The van der Waals surface area contributed by atoms with Crippen molar-refractivity contribution in [2.75, 3.05) is 0 Å². The van der Waals surface area contributed by atoms with Gasteiger partial charge in [-0.05, 0) is 42.3 Å². The topological polar surface area (TPSA) is 109 Å². The number of esters is 1. The van der Waals surface area contributed by atoms with Crippen LogP contribution in [-0.4, -0.2) is 33.0 Å². The summed E-state index contributed by atoms with van der Waals surface area (Å²) in [5.41, 5.74) is 2.97. The maximum absolute atomic E-state index is 13.2. The van der Waals surface area contributed by atoms with Crippen LogP contribution >= 0.6 is 0 Å². The van der Waals surface area contributed by atoms with Crippen LogP contribution in [0, 0.1) is 0 Å². The summed E-state index contributed by atoms with van der Waals surface area (Å²) in [6.45, 7) is 1.94. The lowest BCUT2D eigenvalue weighted by atomic mass is 9.98. The number of aromatic carboxylic acids is 1. The van der Waals surface area contributed by atoms with E-state index in [4.69, 9.17) is 9.84 Å². The minimum atomic E-state index is -1.03. The van der Waals surface area contributed by atoms with Gasteiger partial charge in [0.1, 0.15) is 12.6 Å². The third-order valence-electron chi connectivity index (χ3n) is 5.55. The zero-order valence-electron chi connectivity index (χ0n) is 18.5. The van der Waals surface area contributed by atoms with Crippen molar-refractivity contribution in [3.63, 3.8) is 0 Å². The van der Waals surface area contributed by atoms with Gasteiger partial charge in [-0.3, -0.25) is 9.88 Å². The average molecular weight is 457 g/mol. The van der Waals surface area contributed by atoms with E-state index in [1.165, 1.54) is 17.0 Å². The molecule has 2 amide bonds. The van der Waals surface area contributed by atoms with E-state index in [2.05, 4.69) is 10.3 Å². The van der Waals surface area contributed by atoms with E-state index in [-0.39, 0.29) is 24.3 Å². The summed E-state index contributed by atoms with van der Waals surface area (Å²) >= 11 is 0. The second-order valence-corrected chi connectivity index (χ2v) is 7.79. The van der Waals surface area contributed by atoms with Crippen LogP contribution in [0.3, 0.4) is 0 Å². The van der Waals surface area contributed by atoms with Crippen molar-refractivity contribution in [2.45, 2.75) is 26.1 Å². The molecule has 0 saturated carbocycles. The Morgan fingerprint density at radius 1 is 1.00 bits per heavy atom. The van der Waals surface area contributed by atoms with Gasteiger partial charge in [-0.25, -0.2) is 14.4 Å². The first kappa shape index (κ1) is 22.7. The molecule has 8 heteroatoms. The molecule has 0 spiro atoms. The van der Waals surface area contributed by atoms with Crippen molar-refractivity contribution >= 4 is 18.0 Å². The fourth-order valence-corrected chi connectivity index (χ4v) is 3.74. The Balaban J connectivity index is 1.65. The average Bonchev–Trinajstić information content (AvgIpc) is 2.86. The second kappa shape index (κ2) is 9.99. The molecule has 2 heterocycles. The van der Waals surface area contributed by atoms with E-state index in [9.17, 15) is 14.4 Å². The molecule has 2 N–H and O–H groups in total. The van der Waals surface area contributed by atoms with Gasteiger partial charge in [-0.1, -0.05) is 48.5 Å². The Labute approximate surface area is 196 Å². The number of benzene rings is 2. The van der Waals surface area contributed by atoms with Gasteiger partial charge in [-0.2, -0.15) is 0 Å². The van der Waals surface area contributed by atoms with Gasteiger partial charge in [0.25, 0.3) is 0 Å². The molecular weight excluding hydrogens is 434 g/mol. The molecule has 0 radical (unpaired) electrons. The highest BCUT2D eigenvalue weighted by molar-refractivity contribution is 5.95. The van der Waals surface area contributed by atoms with Crippen LogP contribution in [0.15, 0.2) is 90.3 Å². The van der Waals surface area contributed by atoms with Gasteiger partial charge in [0.15, 0.2) is 0 Å². The van der Waals surface area contributed by atoms with Gasteiger partial charge in [0.05, 0.1) is 23.4 Å². The molecule has 1 aromatic heterocycles. The fourth-order valence-electron chi connectivity index (χ4n) is 3.74. The van der Waals surface area contributed by atoms with Crippen molar-refractivity contribution < 1.29 is 24.2 Å². The van der Waals surface area contributed by atoms with Gasteiger partial charge in [0, 0.05) is 11.9 Å². The van der Waals surface area contributed by atoms with Gasteiger partial charge < -0.3 is 15.2 Å². The van der Waals surface area contributed by atoms with Gasteiger partial charge in [0.2, 0.25) is 0 Å². The lowest BCUT2D eigenvalue weighted by molar-refractivity contribution is -0.141. The molecule has 4 rings (SSSR count). The first-order chi connectivity index (χ1) is 16.4. The van der Waals surface area contributed by atoms with Crippen LogP contribution in [0.2, 0.25) is 0 Å². The highest BCUT2D eigenvalue weighted by Gasteiger charge is 2.37. The molecule has 2 aromatic carbocycles. The maximum Gasteiger partial charge on any atom is 0.338 e. The van der Waals surface area contributed by atoms with E-state index in [0.29, 0.717) is 17.0 Å². The molecule has 0 fully saturated rings. The fraction of sp³-hybridized carbons (Fsp3) is 0.154. The predicted molar refractivity (Wildman–Crippen MR) is 123 cm³/mol. The van der Waals surface area contributed by atoms with Crippen LogP contribution in [0.5, 0.6) is 0 Å². The van der Waals surface area contributed by atoms with Crippen LogP contribution in [0.4, 0.5) is 4.79 Å². The van der Waals surface area contributed by atoms with E-state index in [1.807, 2.05) is 30.3 Å². The van der Waals surface area contributed by atoms with Crippen LogP contribution in [0.1, 0.15) is 40.1 Å². The molecule has 8 nitrogen and oxygen atoms in total. The third kappa shape index (κ3) is 4.96. The number of rotatable bonds is 7. The number of hydrogen-bond donors (Lipinski definition) is 2. The molecule has 1 aliphatic heterocycles. The standard InChI is InChI=1S/C26H23N3O5/c1-17-22(25(32)34-16-19-7-3-2-4-8-19)23(21-9-5-6-14-27-21)28-26(33)29(17)15-18-10-12-20(13-11-18)24(30)31/h2-14,23H,15-16H2,1H3,(H,28,33)(H,30,31). The molecule has 3 aromatic rings. The predicted octanol–water partition coefficient (Wildman–Crippen LogP) is 4.06. The molecule has 172 valence electrons. The van der Waals surface area contributed by atoms with E-state index in [1.54, 1.807) is 43.5 Å². The Hall–Kier alpha value is -4.46. The number of carbonyl (C=O) groups excluding carboxylic acids is 2. The van der Waals surface area contributed by atoms with Crippen molar-refractivity contribution in [3.8, 4) is 0 Å². The lowest BCUT2D eigenvalue weighted by Crippen LogP contribution is -2.47. The SMILES string of the molecule is CC1=C(C(=O)OCc2ccccc2)C(c2ccccn2)NC(=O)N1Cc1ccc(C(=O)O)cc1. The zero-order chi connectivity index (χ0) is 24.1. The van der Waals surface area contributed by atoms with Gasteiger partial charge >= 0.3 is 18.0 Å². The number of aromatic nitrogens is 1. The Morgan fingerprint density at radius 3 is 2.35 bits per heavy atom. The number of urea groups is 1. The molecule has 0 bridgehead atoms. The van der Waals surface area contributed by atoms with Crippen molar-refractivity contribution in [3.05, 3.63) is 113 Å². The number of carboxylic acid groups (broad SMARTS) is 1. The number of amides is 2. The number of ether oxygens (including phenoxy) is 1. The number of allylic oxidation sites excluding steroid dienone is 1. The molecule has 34 heavy (non-hydrogen) atoms. The van der Waals surface area contributed by atoms with E-state index < -0.39 is 24.0 Å². The quantitative estimate of drug-likeness (QED) is 0.518. The number of carboxylic acids is 1. The molecular formula is C26H23N3O5. The van der Waals surface area contributed by atoms with Crippen LogP contribution in [-0.2, 0) is 22.7 Å². The summed E-state index contributed by atoms with van der Waals surface area (Å²) in [5, 5.41) is 12.0. The summed E-state index contributed by atoms with van der Waals surface area (Å²) in [4.78, 5) is 43.1. The summed E-state index contributed by atoms with van der Waals surface area (Å²) in [6, 6.07) is 19.7.